The molecule has 1 fully saturated rings. The minimum Gasteiger partial charge on any atom is -0.481 e. The molecule has 1 N–H and O–H groups in total. The average molecular weight is 248 g/mol. The van der Waals surface area contributed by atoms with E-state index in [0.29, 0.717) is 12.5 Å². The molecule has 0 bridgehead atoms. The van der Waals surface area contributed by atoms with Crippen LogP contribution in [0.3, 0.4) is 0 Å². The van der Waals surface area contributed by atoms with Gasteiger partial charge in [0.2, 0.25) is 0 Å². The van der Waals surface area contributed by atoms with Crippen molar-refractivity contribution in [3.05, 3.63) is 29.1 Å². The van der Waals surface area contributed by atoms with E-state index in [2.05, 4.69) is 23.0 Å². The standard InChI is InChI=1S/C14H20N2O2/c1-10-8-11(5-6-14(17)18)9-12(15-10)13-4-3-7-16(13)2/h8-9,13H,3-7H2,1-2H3,(H,17,18)/t13-/m0/s1. The van der Waals surface area contributed by atoms with Crippen molar-refractivity contribution in [3.8, 4) is 0 Å². The zero-order chi connectivity index (χ0) is 13.1. The predicted octanol–water partition coefficient (Wildman–Crippen LogP) is 2.17. The van der Waals surface area contributed by atoms with Gasteiger partial charge in [-0.3, -0.25) is 14.7 Å². The molecule has 1 aromatic rings. The minimum atomic E-state index is -0.746. The second kappa shape index (κ2) is 5.48. The molecule has 1 aromatic heterocycles. The third-order valence-electron chi connectivity index (χ3n) is 3.52. The Balaban J connectivity index is 2.18. The van der Waals surface area contributed by atoms with E-state index in [1.165, 1.54) is 6.42 Å². The number of pyridine rings is 1. The molecular weight excluding hydrogens is 228 g/mol. The molecule has 98 valence electrons. The zero-order valence-corrected chi connectivity index (χ0v) is 11.0. The SMILES string of the molecule is Cc1cc(CCC(=O)O)cc([C@@H]2CCCN2C)n1. The molecular formula is C14H20N2O2. The van der Waals surface area contributed by atoms with Gasteiger partial charge in [0.15, 0.2) is 0 Å². The van der Waals surface area contributed by atoms with Gasteiger partial charge in [0.05, 0.1) is 11.7 Å². The average Bonchev–Trinajstić information content (AvgIpc) is 2.72. The summed E-state index contributed by atoms with van der Waals surface area (Å²) in [5.41, 5.74) is 3.16. The Hall–Kier alpha value is -1.42. The molecule has 4 heteroatoms. The molecule has 0 aromatic carbocycles. The predicted molar refractivity (Wildman–Crippen MR) is 69.5 cm³/mol. The van der Waals surface area contributed by atoms with Crippen LogP contribution < -0.4 is 0 Å². The molecule has 0 spiro atoms. The molecule has 0 aliphatic carbocycles. The van der Waals surface area contributed by atoms with Crippen molar-refractivity contribution < 1.29 is 9.90 Å². The van der Waals surface area contributed by atoms with E-state index in [4.69, 9.17) is 5.11 Å². The first-order valence-corrected chi connectivity index (χ1v) is 6.46. The lowest BCUT2D eigenvalue weighted by atomic mass is 10.0. The number of aromatic nitrogens is 1. The maximum atomic E-state index is 10.6. The summed E-state index contributed by atoms with van der Waals surface area (Å²) >= 11 is 0. The molecule has 0 radical (unpaired) electrons. The largest absolute Gasteiger partial charge is 0.481 e. The highest BCUT2D eigenvalue weighted by Gasteiger charge is 2.24. The number of rotatable bonds is 4. The van der Waals surface area contributed by atoms with Crippen LogP contribution in [0, 0.1) is 6.92 Å². The van der Waals surface area contributed by atoms with Gasteiger partial charge < -0.3 is 5.11 Å². The lowest BCUT2D eigenvalue weighted by molar-refractivity contribution is -0.136. The van der Waals surface area contributed by atoms with Crippen LogP contribution >= 0.6 is 0 Å². The van der Waals surface area contributed by atoms with Crippen molar-refractivity contribution in [2.75, 3.05) is 13.6 Å². The van der Waals surface area contributed by atoms with Crippen LogP contribution in [0.2, 0.25) is 0 Å². The fourth-order valence-corrected chi connectivity index (χ4v) is 2.62. The minimum absolute atomic E-state index is 0.184. The fourth-order valence-electron chi connectivity index (χ4n) is 2.62. The van der Waals surface area contributed by atoms with Crippen molar-refractivity contribution in [3.63, 3.8) is 0 Å². The highest BCUT2D eigenvalue weighted by molar-refractivity contribution is 5.67. The zero-order valence-electron chi connectivity index (χ0n) is 11.0. The molecule has 1 aliphatic heterocycles. The van der Waals surface area contributed by atoms with Crippen LogP contribution in [0.4, 0.5) is 0 Å². The number of carboxylic acid groups (broad SMARTS) is 1. The van der Waals surface area contributed by atoms with E-state index >= 15 is 0 Å². The van der Waals surface area contributed by atoms with Gasteiger partial charge in [-0.15, -0.1) is 0 Å². The third-order valence-corrected chi connectivity index (χ3v) is 3.52. The first kappa shape index (κ1) is 13.0. The van der Waals surface area contributed by atoms with E-state index in [0.717, 1.165) is 29.9 Å². The molecule has 1 aliphatic rings. The molecule has 2 rings (SSSR count). The van der Waals surface area contributed by atoms with Gasteiger partial charge in [0.1, 0.15) is 0 Å². The van der Waals surface area contributed by atoms with Crippen molar-refractivity contribution >= 4 is 5.97 Å². The van der Waals surface area contributed by atoms with E-state index < -0.39 is 5.97 Å². The van der Waals surface area contributed by atoms with Crippen LogP contribution in [0.15, 0.2) is 12.1 Å². The van der Waals surface area contributed by atoms with Crippen molar-refractivity contribution in [1.82, 2.24) is 9.88 Å². The quantitative estimate of drug-likeness (QED) is 0.887. The molecule has 2 heterocycles. The molecule has 0 amide bonds. The summed E-state index contributed by atoms with van der Waals surface area (Å²) in [6, 6.07) is 4.46. The van der Waals surface area contributed by atoms with Gasteiger partial charge in [-0.2, -0.15) is 0 Å². The number of nitrogens with zero attached hydrogens (tertiary/aromatic N) is 2. The molecule has 0 saturated carbocycles. The second-order valence-electron chi connectivity index (χ2n) is 5.07. The maximum Gasteiger partial charge on any atom is 0.303 e. The first-order chi connectivity index (χ1) is 8.56. The highest BCUT2D eigenvalue weighted by Crippen LogP contribution is 2.29. The Morgan fingerprint density at radius 3 is 2.94 bits per heavy atom. The summed E-state index contributed by atoms with van der Waals surface area (Å²) in [5.74, 6) is -0.746. The Morgan fingerprint density at radius 2 is 2.33 bits per heavy atom. The van der Waals surface area contributed by atoms with Gasteiger partial charge in [-0.25, -0.2) is 0 Å². The van der Waals surface area contributed by atoms with Gasteiger partial charge in [-0.1, -0.05) is 0 Å². The van der Waals surface area contributed by atoms with Crippen LogP contribution in [0.1, 0.15) is 42.3 Å². The second-order valence-corrected chi connectivity index (χ2v) is 5.07. The molecule has 18 heavy (non-hydrogen) atoms. The molecule has 0 unspecified atom stereocenters. The third kappa shape index (κ3) is 3.07. The van der Waals surface area contributed by atoms with Gasteiger partial charge in [0, 0.05) is 12.1 Å². The summed E-state index contributed by atoms with van der Waals surface area (Å²) in [7, 11) is 2.12. The number of aliphatic carboxylic acids is 1. The molecule has 4 nitrogen and oxygen atoms in total. The lowest BCUT2D eigenvalue weighted by Crippen LogP contribution is -2.19. The Kier molecular flexibility index (Phi) is 3.97. The number of likely N-dealkylation sites (tertiary alicyclic amines) is 1. The summed E-state index contributed by atoms with van der Waals surface area (Å²) in [4.78, 5) is 17.6. The summed E-state index contributed by atoms with van der Waals surface area (Å²) in [6.07, 6.45) is 3.12. The monoisotopic (exact) mass is 248 g/mol. The number of carbonyl (C=O) groups is 1. The number of hydrogen-bond donors (Lipinski definition) is 1. The Labute approximate surface area is 108 Å². The van der Waals surface area contributed by atoms with Crippen molar-refractivity contribution in [2.45, 2.75) is 38.6 Å². The number of carboxylic acids is 1. The Morgan fingerprint density at radius 1 is 1.56 bits per heavy atom. The van der Waals surface area contributed by atoms with Crippen molar-refractivity contribution in [2.24, 2.45) is 0 Å². The fraction of sp³-hybridized carbons (Fsp3) is 0.571. The summed E-state index contributed by atoms with van der Waals surface area (Å²) in [6.45, 7) is 3.09. The Bertz CT molecular complexity index is 445. The number of hydrogen-bond acceptors (Lipinski definition) is 3. The maximum absolute atomic E-state index is 10.6. The van der Waals surface area contributed by atoms with E-state index in [1.807, 2.05) is 13.0 Å². The van der Waals surface area contributed by atoms with E-state index in [1.54, 1.807) is 0 Å². The lowest BCUT2D eigenvalue weighted by Gasteiger charge is -2.20. The van der Waals surface area contributed by atoms with Gasteiger partial charge in [0.25, 0.3) is 0 Å². The van der Waals surface area contributed by atoms with Gasteiger partial charge in [-0.05, 0) is 57.5 Å². The van der Waals surface area contributed by atoms with Crippen LogP contribution in [-0.2, 0) is 11.2 Å². The van der Waals surface area contributed by atoms with Crippen LogP contribution in [0.5, 0.6) is 0 Å². The summed E-state index contributed by atoms with van der Waals surface area (Å²) < 4.78 is 0. The molecule has 1 saturated heterocycles. The highest BCUT2D eigenvalue weighted by atomic mass is 16.4. The smallest absolute Gasteiger partial charge is 0.303 e. The first-order valence-electron chi connectivity index (χ1n) is 6.46. The topological polar surface area (TPSA) is 53.4 Å². The van der Waals surface area contributed by atoms with Crippen LogP contribution in [-0.4, -0.2) is 34.6 Å². The summed E-state index contributed by atoms with van der Waals surface area (Å²) in [5, 5.41) is 8.74. The van der Waals surface area contributed by atoms with Gasteiger partial charge >= 0.3 is 5.97 Å². The molecule has 1 atom stereocenters. The van der Waals surface area contributed by atoms with Crippen molar-refractivity contribution in [1.29, 1.82) is 0 Å². The normalized spacial score (nSPS) is 20.2. The van der Waals surface area contributed by atoms with Crippen LogP contribution in [0.25, 0.3) is 0 Å². The van der Waals surface area contributed by atoms with E-state index in [-0.39, 0.29) is 6.42 Å². The number of aryl methyl sites for hydroxylation is 2. The van der Waals surface area contributed by atoms with E-state index in [9.17, 15) is 4.79 Å².